The van der Waals surface area contributed by atoms with Gasteiger partial charge in [0.25, 0.3) is 0 Å². The quantitative estimate of drug-likeness (QED) is 0.168. The number of fused-ring (bicyclic) bond motifs is 6. The zero-order valence-electron chi connectivity index (χ0n) is 22.4. The molecule has 0 heterocycles. The Balaban J connectivity index is 0.000000194. The molecular formula is C34H34O4Ti. The average Bonchev–Trinajstić information content (AvgIpc) is 3.48. The first kappa shape index (κ1) is 31.5. The minimum absolute atomic E-state index is 0. The van der Waals surface area contributed by atoms with Gasteiger partial charge in [-0.3, -0.25) is 9.59 Å². The standard InChI is InChI=1S/2C13H9.2C4H8O2.Ti/c2*1-3-7-12-10(5-1)9-11-6-2-4-8-13(11)12;2*1-2-3-4(5)6;/h2*1-9H;2*2-3H2,1H3,(H,5,6);/q2*-1;;;+2. The van der Waals surface area contributed by atoms with Crippen molar-refractivity contribution in [3.05, 3.63) is 109 Å². The van der Waals surface area contributed by atoms with Gasteiger partial charge < -0.3 is 10.2 Å². The topological polar surface area (TPSA) is 74.6 Å². The summed E-state index contributed by atoms with van der Waals surface area (Å²) in [5.41, 5.74) is 0. The van der Waals surface area contributed by atoms with Gasteiger partial charge in [0.05, 0.1) is 0 Å². The van der Waals surface area contributed by atoms with Crippen molar-refractivity contribution in [1.29, 1.82) is 0 Å². The molecule has 0 saturated carbocycles. The molecule has 0 spiro atoms. The van der Waals surface area contributed by atoms with Crippen LogP contribution in [0.1, 0.15) is 39.5 Å². The van der Waals surface area contributed by atoms with E-state index in [1.54, 1.807) is 0 Å². The summed E-state index contributed by atoms with van der Waals surface area (Å²) in [5.74, 6) is -1.42. The minimum atomic E-state index is -0.711. The van der Waals surface area contributed by atoms with Gasteiger partial charge in [0.1, 0.15) is 0 Å². The Morgan fingerprint density at radius 3 is 0.923 bits per heavy atom. The van der Waals surface area contributed by atoms with E-state index in [-0.39, 0.29) is 21.7 Å². The van der Waals surface area contributed by atoms with Crippen LogP contribution in [-0.2, 0) is 31.3 Å². The Morgan fingerprint density at radius 2 is 0.744 bits per heavy atom. The average molecular weight is 555 g/mol. The van der Waals surface area contributed by atoms with Gasteiger partial charge in [-0.1, -0.05) is 86.6 Å². The van der Waals surface area contributed by atoms with Gasteiger partial charge in [-0.05, 0) is 12.8 Å². The van der Waals surface area contributed by atoms with Crippen molar-refractivity contribution < 1.29 is 41.5 Å². The normalized spacial score (nSPS) is 9.90. The fourth-order valence-electron chi connectivity index (χ4n) is 4.24. The molecule has 198 valence electrons. The molecule has 6 aromatic rings. The van der Waals surface area contributed by atoms with Crippen LogP contribution in [0.25, 0.3) is 43.1 Å². The molecule has 6 rings (SSSR count). The maximum Gasteiger partial charge on any atom is 2.00 e. The molecule has 0 aromatic heterocycles. The third-order valence-electron chi connectivity index (χ3n) is 5.97. The molecule has 39 heavy (non-hydrogen) atoms. The van der Waals surface area contributed by atoms with Crippen LogP contribution < -0.4 is 0 Å². The first-order valence-corrected chi connectivity index (χ1v) is 12.9. The monoisotopic (exact) mass is 554 g/mol. The van der Waals surface area contributed by atoms with E-state index in [9.17, 15) is 9.59 Å². The van der Waals surface area contributed by atoms with Gasteiger partial charge in [0.2, 0.25) is 0 Å². The number of carboxylic acids is 2. The summed E-state index contributed by atoms with van der Waals surface area (Å²) in [6.45, 7) is 3.68. The molecule has 4 nitrogen and oxygen atoms in total. The van der Waals surface area contributed by atoms with E-state index in [0.717, 1.165) is 12.8 Å². The summed E-state index contributed by atoms with van der Waals surface area (Å²) in [6, 6.07) is 38.5. The van der Waals surface area contributed by atoms with Gasteiger partial charge in [0.15, 0.2) is 0 Å². The van der Waals surface area contributed by atoms with Gasteiger partial charge in [-0.2, -0.15) is 0 Å². The fourth-order valence-corrected chi connectivity index (χ4v) is 4.24. The predicted molar refractivity (Wildman–Crippen MR) is 159 cm³/mol. The SMILES string of the molecule is CCCC(=O)O.CCCC(=O)O.[Ti+2].c1ccc2c(c1)[cH-]c1ccccc12.c1ccc2c(c1)[cH-]c1ccccc12. The van der Waals surface area contributed by atoms with Gasteiger partial charge >= 0.3 is 33.7 Å². The van der Waals surface area contributed by atoms with E-state index in [4.69, 9.17) is 10.2 Å². The van der Waals surface area contributed by atoms with E-state index in [2.05, 4.69) is 109 Å². The van der Waals surface area contributed by atoms with Crippen molar-refractivity contribution in [3.8, 4) is 0 Å². The summed E-state index contributed by atoms with van der Waals surface area (Å²) < 4.78 is 0. The smallest absolute Gasteiger partial charge is 0.481 e. The zero-order chi connectivity index (χ0) is 27.3. The van der Waals surface area contributed by atoms with Crippen LogP contribution in [0.15, 0.2) is 109 Å². The van der Waals surface area contributed by atoms with Gasteiger partial charge in [-0.25, -0.2) is 0 Å². The van der Waals surface area contributed by atoms with Crippen LogP contribution in [0, 0.1) is 0 Å². The summed E-state index contributed by atoms with van der Waals surface area (Å²) in [6.07, 6.45) is 2.05. The summed E-state index contributed by atoms with van der Waals surface area (Å²) in [4.78, 5) is 19.2. The van der Waals surface area contributed by atoms with Crippen molar-refractivity contribution in [2.24, 2.45) is 0 Å². The Hall–Kier alpha value is -3.73. The first-order valence-electron chi connectivity index (χ1n) is 12.9. The number of aliphatic carboxylic acids is 2. The van der Waals surface area contributed by atoms with Crippen LogP contribution in [0.4, 0.5) is 0 Å². The molecule has 0 atom stereocenters. The third kappa shape index (κ3) is 9.21. The van der Waals surface area contributed by atoms with Crippen LogP contribution in [0.2, 0.25) is 0 Å². The molecule has 0 bridgehead atoms. The number of rotatable bonds is 4. The summed E-state index contributed by atoms with van der Waals surface area (Å²) >= 11 is 0. The first-order chi connectivity index (χ1) is 18.4. The van der Waals surface area contributed by atoms with Crippen molar-refractivity contribution >= 4 is 55.0 Å². The molecule has 0 aliphatic heterocycles. The molecule has 0 radical (unpaired) electrons. The molecule has 0 aliphatic carbocycles. The Kier molecular flexibility index (Phi) is 13.1. The number of benzene rings is 4. The van der Waals surface area contributed by atoms with E-state index >= 15 is 0 Å². The molecule has 5 heteroatoms. The molecule has 0 saturated heterocycles. The summed E-state index contributed by atoms with van der Waals surface area (Å²) in [7, 11) is 0. The second kappa shape index (κ2) is 16.3. The molecule has 0 fully saturated rings. The third-order valence-corrected chi connectivity index (χ3v) is 5.97. The Bertz CT molecular complexity index is 1390. The van der Waals surface area contributed by atoms with E-state index in [1.807, 2.05) is 13.8 Å². The number of hydrogen-bond acceptors (Lipinski definition) is 2. The van der Waals surface area contributed by atoms with E-state index < -0.39 is 11.9 Å². The van der Waals surface area contributed by atoms with Crippen molar-refractivity contribution in [3.63, 3.8) is 0 Å². The number of hydrogen-bond donors (Lipinski definition) is 2. The van der Waals surface area contributed by atoms with Gasteiger partial charge in [-0.15, -0.1) is 79.5 Å². The molecular weight excluding hydrogens is 520 g/mol. The van der Waals surface area contributed by atoms with Crippen molar-refractivity contribution in [2.45, 2.75) is 39.5 Å². The van der Waals surface area contributed by atoms with Crippen LogP contribution in [-0.4, -0.2) is 22.2 Å². The van der Waals surface area contributed by atoms with Gasteiger partial charge in [0, 0.05) is 12.8 Å². The Morgan fingerprint density at radius 1 is 0.513 bits per heavy atom. The predicted octanol–water partition coefficient (Wildman–Crippen LogP) is 9.16. The zero-order valence-corrected chi connectivity index (χ0v) is 24.0. The van der Waals surface area contributed by atoms with Crippen molar-refractivity contribution in [2.75, 3.05) is 0 Å². The van der Waals surface area contributed by atoms with Crippen LogP contribution in [0.3, 0.4) is 0 Å². The van der Waals surface area contributed by atoms with E-state index in [1.165, 1.54) is 43.1 Å². The molecule has 2 N–H and O–H groups in total. The number of carbonyl (C=O) groups is 2. The minimum Gasteiger partial charge on any atom is -0.481 e. The molecule has 0 amide bonds. The second-order valence-corrected chi connectivity index (χ2v) is 8.93. The Labute approximate surface area is 244 Å². The maximum atomic E-state index is 9.60. The maximum absolute atomic E-state index is 9.60. The molecule has 0 unspecified atom stereocenters. The second-order valence-electron chi connectivity index (χ2n) is 8.93. The molecule has 6 aromatic carbocycles. The van der Waals surface area contributed by atoms with Crippen molar-refractivity contribution in [1.82, 2.24) is 0 Å². The number of carboxylic acid groups (broad SMARTS) is 2. The summed E-state index contributed by atoms with van der Waals surface area (Å²) in [5, 5.41) is 26.6. The van der Waals surface area contributed by atoms with Crippen LogP contribution >= 0.6 is 0 Å². The van der Waals surface area contributed by atoms with E-state index in [0.29, 0.717) is 12.8 Å². The fraction of sp³-hybridized carbons (Fsp3) is 0.176. The van der Waals surface area contributed by atoms with Crippen LogP contribution in [0.5, 0.6) is 0 Å². The largest absolute Gasteiger partial charge is 2.00 e. The molecule has 0 aliphatic rings.